The first-order chi connectivity index (χ1) is 14.7. The van der Waals surface area contributed by atoms with E-state index in [1.165, 1.54) is 0 Å². The minimum absolute atomic E-state index is 0.170. The first-order valence-corrected chi connectivity index (χ1v) is 9.62. The zero-order valence-corrected chi connectivity index (χ0v) is 16.9. The van der Waals surface area contributed by atoms with Gasteiger partial charge in [-0.3, -0.25) is 14.2 Å². The molecule has 0 saturated carbocycles. The van der Waals surface area contributed by atoms with Crippen LogP contribution in [0.5, 0.6) is 5.75 Å². The summed E-state index contributed by atoms with van der Waals surface area (Å²) in [6.07, 6.45) is 3.33. The standard InChI is InChI=1S/C24H22N4O2/c1-17-7-6-14-28-23(17)27-22(26-19-10-12-20(30-2)13-11-19)21(24(28)29)16-25-15-18-8-4-3-5-9-18/h3-14,16,26H,15H2,1-2H3. The van der Waals surface area contributed by atoms with Crippen molar-refractivity contribution < 1.29 is 4.74 Å². The molecule has 2 aromatic carbocycles. The summed E-state index contributed by atoms with van der Waals surface area (Å²) in [5.41, 5.74) is 3.64. The fourth-order valence-electron chi connectivity index (χ4n) is 3.16. The highest BCUT2D eigenvalue weighted by Crippen LogP contribution is 2.21. The lowest BCUT2D eigenvalue weighted by molar-refractivity contribution is 0.415. The van der Waals surface area contributed by atoms with Gasteiger partial charge in [0.15, 0.2) is 0 Å². The zero-order chi connectivity index (χ0) is 20.9. The Labute approximate surface area is 174 Å². The van der Waals surface area contributed by atoms with E-state index in [2.05, 4.69) is 10.3 Å². The lowest BCUT2D eigenvalue weighted by Gasteiger charge is -2.12. The topological polar surface area (TPSA) is 68.0 Å². The van der Waals surface area contributed by atoms with Crippen molar-refractivity contribution in [3.05, 3.63) is 100.0 Å². The third-order valence-corrected chi connectivity index (χ3v) is 4.77. The Bertz CT molecular complexity index is 1250. The largest absolute Gasteiger partial charge is 0.497 e. The SMILES string of the molecule is COc1ccc(Nc2nc3c(C)cccn3c(=O)c2C=NCc2ccccc2)cc1. The lowest BCUT2D eigenvalue weighted by Crippen LogP contribution is -2.22. The number of ether oxygens (including phenoxy) is 1. The zero-order valence-electron chi connectivity index (χ0n) is 16.9. The summed E-state index contributed by atoms with van der Waals surface area (Å²) in [7, 11) is 1.62. The molecule has 4 aromatic rings. The summed E-state index contributed by atoms with van der Waals surface area (Å²) in [4.78, 5) is 22.4. The number of benzene rings is 2. The van der Waals surface area contributed by atoms with Gasteiger partial charge in [0.25, 0.3) is 5.56 Å². The molecule has 150 valence electrons. The molecule has 0 bridgehead atoms. The molecule has 0 unspecified atom stereocenters. The number of fused-ring (bicyclic) bond motifs is 1. The van der Waals surface area contributed by atoms with Crippen molar-refractivity contribution in [2.75, 3.05) is 12.4 Å². The van der Waals surface area contributed by atoms with Crippen LogP contribution in [0, 0.1) is 6.92 Å². The molecule has 1 N–H and O–H groups in total. The second-order valence-corrected chi connectivity index (χ2v) is 6.87. The van der Waals surface area contributed by atoms with E-state index in [1.54, 1.807) is 23.9 Å². The highest BCUT2D eigenvalue weighted by atomic mass is 16.5. The van der Waals surface area contributed by atoms with Crippen LogP contribution in [0.4, 0.5) is 11.5 Å². The van der Waals surface area contributed by atoms with Crippen LogP contribution in [0.25, 0.3) is 5.65 Å². The fourth-order valence-corrected chi connectivity index (χ4v) is 3.16. The summed E-state index contributed by atoms with van der Waals surface area (Å²) in [5.74, 6) is 1.23. The molecule has 2 aromatic heterocycles. The molecule has 6 nitrogen and oxygen atoms in total. The monoisotopic (exact) mass is 398 g/mol. The summed E-state index contributed by atoms with van der Waals surface area (Å²) < 4.78 is 6.77. The molecule has 0 spiro atoms. The predicted octanol–water partition coefficient (Wildman–Crippen LogP) is 4.37. The van der Waals surface area contributed by atoms with E-state index in [-0.39, 0.29) is 5.56 Å². The van der Waals surface area contributed by atoms with Gasteiger partial charge in [-0.1, -0.05) is 36.4 Å². The van der Waals surface area contributed by atoms with Gasteiger partial charge in [0.1, 0.15) is 22.8 Å². The first-order valence-electron chi connectivity index (χ1n) is 9.62. The van der Waals surface area contributed by atoms with Gasteiger partial charge in [0, 0.05) is 18.1 Å². The normalized spacial score (nSPS) is 11.1. The van der Waals surface area contributed by atoms with Gasteiger partial charge in [-0.15, -0.1) is 0 Å². The van der Waals surface area contributed by atoms with Crippen molar-refractivity contribution in [2.24, 2.45) is 4.99 Å². The maximum absolute atomic E-state index is 13.2. The van der Waals surface area contributed by atoms with Crippen molar-refractivity contribution in [3.8, 4) is 5.75 Å². The van der Waals surface area contributed by atoms with Gasteiger partial charge < -0.3 is 10.1 Å². The average molecular weight is 398 g/mol. The van der Waals surface area contributed by atoms with Crippen molar-refractivity contribution in [3.63, 3.8) is 0 Å². The first kappa shape index (κ1) is 19.4. The molecule has 0 aliphatic heterocycles. The van der Waals surface area contributed by atoms with Crippen LogP contribution in [0.1, 0.15) is 16.7 Å². The minimum Gasteiger partial charge on any atom is -0.497 e. The number of nitrogens with one attached hydrogen (secondary N) is 1. The molecule has 0 fully saturated rings. The highest BCUT2D eigenvalue weighted by Gasteiger charge is 2.13. The third kappa shape index (κ3) is 4.07. The van der Waals surface area contributed by atoms with E-state index >= 15 is 0 Å². The fraction of sp³-hybridized carbons (Fsp3) is 0.125. The van der Waals surface area contributed by atoms with Crippen molar-refractivity contribution >= 4 is 23.4 Å². The van der Waals surface area contributed by atoms with Crippen LogP contribution in [0.3, 0.4) is 0 Å². The van der Waals surface area contributed by atoms with Gasteiger partial charge >= 0.3 is 0 Å². The Kier molecular flexibility index (Phi) is 5.57. The number of hydrogen-bond donors (Lipinski definition) is 1. The molecule has 0 aliphatic carbocycles. The molecule has 0 radical (unpaired) electrons. The number of pyridine rings is 1. The lowest BCUT2D eigenvalue weighted by atomic mass is 10.2. The Morgan fingerprint density at radius 1 is 1.07 bits per heavy atom. The van der Waals surface area contributed by atoms with E-state index in [0.717, 1.165) is 22.6 Å². The number of aromatic nitrogens is 2. The predicted molar refractivity (Wildman–Crippen MR) is 120 cm³/mol. The van der Waals surface area contributed by atoms with Crippen molar-refractivity contribution in [2.45, 2.75) is 13.5 Å². The van der Waals surface area contributed by atoms with Crippen LogP contribution in [-0.2, 0) is 6.54 Å². The number of methoxy groups -OCH3 is 1. The molecule has 0 atom stereocenters. The molecule has 2 heterocycles. The third-order valence-electron chi connectivity index (χ3n) is 4.77. The highest BCUT2D eigenvalue weighted by molar-refractivity contribution is 5.88. The van der Waals surface area contributed by atoms with E-state index in [9.17, 15) is 4.79 Å². The second kappa shape index (κ2) is 8.61. The van der Waals surface area contributed by atoms with E-state index in [4.69, 9.17) is 9.72 Å². The van der Waals surface area contributed by atoms with E-state index < -0.39 is 0 Å². The Morgan fingerprint density at radius 3 is 2.57 bits per heavy atom. The van der Waals surface area contributed by atoms with Crippen molar-refractivity contribution in [1.82, 2.24) is 9.38 Å². The van der Waals surface area contributed by atoms with Gasteiger partial charge in [0.2, 0.25) is 0 Å². The molecule has 0 saturated heterocycles. The van der Waals surface area contributed by atoms with Gasteiger partial charge in [-0.25, -0.2) is 4.98 Å². The average Bonchev–Trinajstić information content (AvgIpc) is 2.78. The number of nitrogens with zero attached hydrogens (tertiary/aromatic N) is 3. The smallest absolute Gasteiger partial charge is 0.268 e. The Balaban J connectivity index is 1.76. The van der Waals surface area contributed by atoms with Crippen LogP contribution < -0.4 is 15.6 Å². The van der Waals surface area contributed by atoms with Gasteiger partial charge in [-0.2, -0.15) is 0 Å². The number of aryl methyl sites for hydroxylation is 1. The number of aliphatic imine (C=N–C) groups is 1. The maximum Gasteiger partial charge on any atom is 0.268 e. The second-order valence-electron chi connectivity index (χ2n) is 6.87. The summed E-state index contributed by atoms with van der Waals surface area (Å²) in [5, 5.41) is 3.26. The molecule has 0 aliphatic rings. The van der Waals surface area contributed by atoms with E-state index in [0.29, 0.717) is 23.6 Å². The number of rotatable bonds is 6. The molecule has 4 rings (SSSR count). The van der Waals surface area contributed by atoms with Crippen LogP contribution in [0.15, 0.2) is 82.7 Å². The van der Waals surface area contributed by atoms with Gasteiger partial charge in [0.05, 0.1) is 13.7 Å². The summed E-state index contributed by atoms with van der Waals surface area (Å²) >= 11 is 0. The summed E-state index contributed by atoms with van der Waals surface area (Å²) in [6, 6.07) is 21.1. The Morgan fingerprint density at radius 2 is 1.83 bits per heavy atom. The number of hydrogen-bond acceptors (Lipinski definition) is 5. The van der Waals surface area contributed by atoms with Crippen LogP contribution >= 0.6 is 0 Å². The molecule has 6 heteroatoms. The maximum atomic E-state index is 13.2. The summed E-state index contributed by atoms with van der Waals surface area (Å²) in [6.45, 7) is 2.42. The van der Waals surface area contributed by atoms with Crippen LogP contribution in [-0.4, -0.2) is 22.7 Å². The molecule has 30 heavy (non-hydrogen) atoms. The Hall–Kier alpha value is -3.93. The number of anilines is 2. The molecule has 0 amide bonds. The quantitative estimate of drug-likeness (QED) is 0.490. The molecular formula is C24H22N4O2. The van der Waals surface area contributed by atoms with E-state index in [1.807, 2.05) is 73.7 Å². The van der Waals surface area contributed by atoms with Gasteiger partial charge in [-0.05, 0) is 48.4 Å². The van der Waals surface area contributed by atoms with Crippen LogP contribution in [0.2, 0.25) is 0 Å². The molecular weight excluding hydrogens is 376 g/mol. The minimum atomic E-state index is -0.170. The van der Waals surface area contributed by atoms with Crippen molar-refractivity contribution in [1.29, 1.82) is 0 Å².